The van der Waals surface area contributed by atoms with E-state index in [1.165, 1.54) is 17.8 Å². The molecule has 1 N–H and O–H groups in total. The van der Waals surface area contributed by atoms with Crippen molar-refractivity contribution in [3.63, 3.8) is 0 Å². The van der Waals surface area contributed by atoms with Gasteiger partial charge in [-0.2, -0.15) is 5.10 Å². The molecule has 3 rings (SSSR count). The molecule has 1 aromatic rings. The van der Waals surface area contributed by atoms with Crippen LogP contribution in [0.4, 0.5) is 5.82 Å². The quantitative estimate of drug-likeness (QED) is 0.855. The van der Waals surface area contributed by atoms with Crippen LogP contribution in [0.1, 0.15) is 30.7 Å². The summed E-state index contributed by atoms with van der Waals surface area (Å²) in [6.07, 6.45) is 4.69. The van der Waals surface area contributed by atoms with Crippen molar-refractivity contribution < 1.29 is 9.90 Å². The zero-order valence-corrected chi connectivity index (χ0v) is 9.96. The Morgan fingerprint density at radius 2 is 2.18 bits per heavy atom. The van der Waals surface area contributed by atoms with Crippen molar-refractivity contribution in [2.75, 3.05) is 18.0 Å². The molecule has 1 aliphatic carbocycles. The van der Waals surface area contributed by atoms with Gasteiger partial charge in [0.2, 0.25) is 0 Å². The van der Waals surface area contributed by atoms with E-state index in [9.17, 15) is 4.79 Å². The van der Waals surface area contributed by atoms with Crippen molar-refractivity contribution >= 4 is 11.8 Å². The second kappa shape index (κ2) is 3.75. The van der Waals surface area contributed by atoms with Gasteiger partial charge < -0.3 is 10.0 Å². The van der Waals surface area contributed by atoms with E-state index >= 15 is 0 Å². The Balaban J connectivity index is 1.78. The van der Waals surface area contributed by atoms with Gasteiger partial charge in [-0.25, -0.2) is 0 Å². The molecular formula is C12H17N3O2. The van der Waals surface area contributed by atoms with Gasteiger partial charge in [-0.3, -0.25) is 9.48 Å². The summed E-state index contributed by atoms with van der Waals surface area (Å²) in [5, 5.41) is 13.2. The maximum atomic E-state index is 10.8. The van der Waals surface area contributed by atoms with Crippen LogP contribution in [0.25, 0.3) is 0 Å². The Morgan fingerprint density at radius 3 is 2.71 bits per heavy atom. The molecule has 0 spiro atoms. The largest absolute Gasteiger partial charge is 0.481 e. The molecule has 0 aromatic carbocycles. The van der Waals surface area contributed by atoms with Gasteiger partial charge in [-0.05, 0) is 25.2 Å². The van der Waals surface area contributed by atoms with Crippen molar-refractivity contribution in [3.8, 4) is 0 Å². The van der Waals surface area contributed by atoms with Crippen LogP contribution in [0.2, 0.25) is 0 Å². The molecule has 1 saturated heterocycles. The van der Waals surface area contributed by atoms with Gasteiger partial charge in [0.1, 0.15) is 5.82 Å². The normalized spacial score (nSPS) is 27.5. The first-order valence-electron chi connectivity index (χ1n) is 6.16. The third kappa shape index (κ3) is 1.61. The summed E-state index contributed by atoms with van der Waals surface area (Å²) in [5.41, 5.74) is 1.24. The van der Waals surface area contributed by atoms with Gasteiger partial charge in [0.05, 0.1) is 12.1 Å². The van der Waals surface area contributed by atoms with Crippen molar-refractivity contribution in [1.29, 1.82) is 0 Å². The number of hydrogen-bond donors (Lipinski definition) is 1. The minimum atomic E-state index is -0.657. The van der Waals surface area contributed by atoms with Crippen LogP contribution < -0.4 is 4.90 Å². The van der Waals surface area contributed by atoms with Gasteiger partial charge in [-0.1, -0.05) is 0 Å². The zero-order valence-electron chi connectivity index (χ0n) is 9.96. The Kier molecular flexibility index (Phi) is 2.34. The molecule has 1 saturated carbocycles. The van der Waals surface area contributed by atoms with Crippen molar-refractivity contribution in [2.24, 2.45) is 13.0 Å². The minimum Gasteiger partial charge on any atom is -0.481 e. The zero-order chi connectivity index (χ0) is 12.0. The summed E-state index contributed by atoms with van der Waals surface area (Å²) < 4.78 is 1.92. The number of aliphatic carboxylic acids is 1. The van der Waals surface area contributed by atoms with Gasteiger partial charge in [-0.15, -0.1) is 0 Å². The fourth-order valence-corrected chi connectivity index (χ4v) is 2.72. The Hall–Kier alpha value is -1.52. The highest BCUT2D eigenvalue weighted by Gasteiger charge is 2.38. The van der Waals surface area contributed by atoms with Crippen LogP contribution in [0, 0.1) is 5.92 Å². The number of nitrogens with zero attached hydrogens (tertiary/aromatic N) is 3. The third-order valence-corrected chi connectivity index (χ3v) is 4.02. The molecule has 1 aliphatic heterocycles. The van der Waals surface area contributed by atoms with E-state index in [4.69, 9.17) is 5.11 Å². The van der Waals surface area contributed by atoms with Gasteiger partial charge >= 0.3 is 5.97 Å². The topological polar surface area (TPSA) is 58.4 Å². The number of hydrogen-bond acceptors (Lipinski definition) is 3. The standard InChI is InChI=1S/C12H17N3O2/c1-14-11(15-3-2-4-15)10(7-13-14)8-5-9(6-8)12(16)17/h7-9H,2-6H2,1H3,(H,16,17). The highest BCUT2D eigenvalue weighted by atomic mass is 16.4. The molecule has 0 bridgehead atoms. The van der Waals surface area contributed by atoms with Crippen LogP contribution in [0.15, 0.2) is 6.20 Å². The van der Waals surface area contributed by atoms with E-state index < -0.39 is 5.97 Å². The molecular weight excluding hydrogens is 218 g/mol. The second-order valence-corrected chi connectivity index (χ2v) is 5.09. The van der Waals surface area contributed by atoms with Gasteiger partial charge in [0.25, 0.3) is 0 Å². The van der Waals surface area contributed by atoms with Crippen LogP contribution in [-0.2, 0) is 11.8 Å². The number of carboxylic acids is 1. The number of rotatable bonds is 3. The lowest BCUT2D eigenvalue weighted by Crippen LogP contribution is -2.39. The maximum absolute atomic E-state index is 10.8. The maximum Gasteiger partial charge on any atom is 0.306 e. The predicted octanol–water partition coefficient (Wildman–Crippen LogP) is 1.21. The second-order valence-electron chi connectivity index (χ2n) is 5.09. The number of aryl methyl sites for hydroxylation is 1. The summed E-state index contributed by atoms with van der Waals surface area (Å²) >= 11 is 0. The number of carboxylic acid groups (broad SMARTS) is 1. The molecule has 0 unspecified atom stereocenters. The first-order chi connectivity index (χ1) is 8.16. The molecule has 2 heterocycles. The SMILES string of the molecule is Cn1ncc(C2CC(C(=O)O)C2)c1N1CCC1. The minimum absolute atomic E-state index is 0.149. The fraction of sp³-hybridized carbons (Fsp3) is 0.667. The molecule has 1 aromatic heterocycles. The van der Waals surface area contributed by atoms with Crippen LogP contribution in [-0.4, -0.2) is 33.9 Å². The molecule has 2 fully saturated rings. The summed E-state index contributed by atoms with van der Waals surface area (Å²) in [6, 6.07) is 0. The Morgan fingerprint density at radius 1 is 1.47 bits per heavy atom. The molecule has 0 atom stereocenters. The molecule has 17 heavy (non-hydrogen) atoms. The molecule has 2 aliphatic rings. The van der Waals surface area contributed by atoms with Crippen molar-refractivity contribution in [3.05, 3.63) is 11.8 Å². The van der Waals surface area contributed by atoms with E-state index in [1.54, 1.807) is 0 Å². The molecule has 5 nitrogen and oxygen atoms in total. The van der Waals surface area contributed by atoms with Gasteiger partial charge in [0.15, 0.2) is 0 Å². The fourth-order valence-electron chi connectivity index (χ4n) is 2.72. The lowest BCUT2D eigenvalue weighted by atomic mass is 9.72. The summed E-state index contributed by atoms with van der Waals surface area (Å²) in [6.45, 7) is 2.20. The molecule has 0 radical (unpaired) electrons. The van der Waals surface area contributed by atoms with E-state index in [0.29, 0.717) is 5.92 Å². The van der Waals surface area contributed by atoms with Crippen LogP contribution in [0.5, 0.6) is 0 Å². The first kappa shape index (κ1) is 10.6. The average Bonchev–Trinajstić information content (AvgIpc) is 2.44. The van der Waals surface area contributed by atoms with E-state index in [-0.39, 0.29) is 5.92 Å². The van der Waals surface area contributed by atoms with Gasteiger partial charge in [0, 0.05) is 25.7 Å². The lowest BCUT2D eigenvalue weighted by molar-refractivity contribution is -0.145. The van der Waals surface area contributed by atoms with Crippen LogP contribution >= 0.6 is 0 Å². The molecule has 5 heteroatoms. The highest BCUT2D eigenvalue weighted by Crippen LogP contribution is 2.45. The molecule has 0 amide bonds. The molecule has 92 valence electrons. The average molecular weight is 235 g/mol. The monoisotopic (exact) mass is 235 g/mol. The van der Waals surface area contributed by atoms with Crippen LogP contribution in [0.3, 0.4) is 0 Å². The number of aromatic nitrogens is 2. The number of anilines is 1. The number of carbonyl (C=O) groups is 1. The summed E-state index contributed by atoms with van der Waals surface area (Å²) in [5.74, 6) is 0.783. The Labute approximate surface area is 100 Å². The summed E-state index contributed by atoms with van der Waals surface area (Å²) in [4.78, 5) is 13.1. The smallest absolute Gasteiger partial charge is 0.306 e. The van der Waals surface area contributed by atoms with E-state index in [2.05, 4.69) is 10.00 Å². The first-order valence-corrected chi connectivity index (χ1v) is 6.16. The van der Waals surface area contributed by atoms with Crippen molar-refractivity contribution in [1.82, 2.24) is 9.78 Å². The Bertz CT molecular complexity index is 445. The third-order valence-electron chi connectivity index (χ3n) is 4.02. The van der Waals surface area contributed by atoms with E-state index in [1.807, 2.05) is 17.9 Å². The highest BCUT2D eigenvalue weighted by molar-refractivity contribution is 5.72. The predicted molar refractivity (Wildman–Crippen MR) is 63.1 cm³/mol. The van der Waals surface area contributed by atoms with E-state index in [0.717, 1.165) is 25.9 Å². The summed E-state index contributed by atoms with van der Waals surface area (Å²) in [7, 11) is 1.96. The lowest BCUT2D eigenvalue weighted by Gasteiger charge is -2.38. The van der Waals surface area contributed by atoms with Crippen molar-refractivity contribution in [2.45, 2.75) is 25.2 Å².